The van der Waals surface area contributed by atoms with E-state index in [1.54, 1.807) is 18.2 Å². The summed E-state index contributed by atoms with van der Waals surface area (Å²) >= 11 is 13.4. The number of carboxylic acid groups (broad SMARTS) is 1. The molecule has 1 N–H and O–H groups in total. The summed E-state index contributed by atoms with van der Waals surface area (Å²) in [5.41, 5.74) is 9.12. The van der Waals surface area contributed by atoms with Crippen LogP contribution in [0.15, 0.2) is 48.5 Å². The van der Waals surface area contributed by atoms with Gasteiger partial charge in [0.1, 0.15) is 11.4 Å². The number of carbonyl (C=O) groups is 2. The molecule has 244 valence electrons. The van der Waals surface area contributed by atoms with Gasteiger partial charge in [-0.05, 0) is 100 Å². The van der Waals surface area contributed by atoms with E-state index in [1.807, 2.05) is 74.7 Å². The van der Waals surface area contributed by atoms with Crippen LogP contribution in [0.4, 0.5) is 0 Å². The molecule has 0 spiro atoms. The Bertz CT molecular complexity index is 2040. The summed E-state index contributed by atoms with van der Waals surface area (Å²) in [5, 5.41) is 16.5. The minimum absolute atomic E-state index is 0.0765. The van der Waals surface area contributed by atoms with Gasteiger partial charge in [-0.1, -0.05) is 41.4 Å². The lowest BCUT2D eigenvalue weighted by Crippen LogP contribution is -2.42. The van der Waals surface area contributed by atoms with Crippen molar-refractivity contribution in [2.75, 3.05) is 13.2 Å². The maximum Gasteiger partial charge on any atom is 0.335 e. The van der Waals surface area contributed by atoms with E-state index in [-0.39, 0.29) is 17.5 Å². The summed E-state index contributed by atoms with van der Waals surface area (Å²) < 4.78 is 10.2. The van der Waals surface area contributed by atoms with Crippen molar-refractivity contribution in [1.82, 2.24) is 19.2 Å². The SMILES string of the molecule is Cc1cc(OCCCc2c3n(c4c(-c5c(C)nn(C)c5C)c(Cl)ccc24)C(C)CN(Cc2cccc(C(=O)O)c2)C3=O)cc(C)c1Cl. The van der Waals surface area contributed by atoms with Crippen LogP contribution >= 0.6 is 23.2 Å². The highest BCUT2D eigenvalue weighted by atomic mass is 35.5. The number of carbonyl (C=O) groups excluding carboxylic acids is 1. The van der Waals surface area contributed by atoms with Crippen LogP contribution in [0.2, 0.25) is 10.0 Å². The molecule has 0 radical (unpaired) electrons. The van der Waals surface area contributed by atoms with Crippen LogP contribution < -0.4 is 4.74 Å². The second-order valence-corrected chi connectivity index (χ2v) is 13.3. The fraction of sp³-hybridized carbons (Fsp3) is 0.324. The van der Waals surface area contributed by atoms with E-state index >= 15 is 0 Å². The average molecular weight is 674 g/mol. The van der Waals surface area contributed by atoms with Gasteiger partial charge in [-0.3, -0.25) is 9.48 Å². The van der Waals surface area contributed by atoms with E-state index in [2.05, 4.69) is 16.6 Å². The third-order valence-electron chi connectivity index (χ3n) is 9.19. The van der Waals surface area contributed by atoms with E-state index in [0.29, 0.717) is 43.3 Å². The van der Waals surface area contributed by atoms with Gasteiger partial charge in [0.05, 0.1) is 28.4 Å². The monoisotopic (exact) mass is 672 g/mol. The highest BCUT2D eigenvalue weighted by Gasteiger charge is 2.36. The van der Waals surface area contributed by atoms with Crippen LogP contribution in [0.1, 0.15) is 73.9 Å². The van der Waals surface area contributed by atoms with Crippen molar-refractivity contribution >= 4 is 46.0 Å². The second kappa shape index (κ2) is 12.7. The van der Waals surface area contributed by atoms with Crippen molar-refractivity contribution in [2.24, 2.45) is 7.05 Å². The van der Waals surface area contributed by atoms with Gasteiger partial charge in [-0.2, -0.15) is 5.10 Å². The Balaban J connectivity index is 1.44. The maximum atomic E-state index is 14.5. The lowest BCUT2D eigenvalue weighted by atomic mass is 9.98. The minimum atomic E-state index is -0.996. The molecule has 0 aliphatic carbocycles. The number of amides is 1. The van der Waals surface area contributed by atoms with Crippen LogP contribution in [0.25, 0.3) is 22.0 Å². The van der Waals surface area contributed by atoms with Crippen molar-refractivity contribution in [3.63, 3.8) is 0 Å². The number of nitrogens with zero attached hydrogens (tertiary/aromatic N) is 4. The Morgan fingerprint density at radius 3 is 2.43 bits per heavy atom. The normalized spacial score (nSPS) is 14.6. The van der Waals surface area contributed by atoms with Gasteiger partial charge in [0.2, 0.25) is 0 Å². The smallest absolute Gasteiger partial charge is 0.335 e. The number of aromatic nitrogens is 3. The van der Waals surface area contributed by atoms with Gasteiger partial charge < -0.3 is 19.3 Å². The zero-order valence-electron chi connectivity index (χ0n) is 27.4. The first-order valence-electron chi connectivity index (χ1n) is 15.7. The van der Waals surface area contributed by atoms with Crippen molar-refractivity contribution in [1.29, 1.82) is 0 Å². The Hall–Kier alpha value is -4.27. The Labute approximate surface area is 284 Å². The molecule has 1 aliphatic heterocycles. The van der Waals surface area contributed by atoms with Crippen LogP contribution in [0, 0.1) is 27.7 Å². The number of hydrogen-bond acceptors (Lipinski definition) is 4. The fourth-order valence-electron chi connectivity index (χ4n) is 6.97. The number of benzene rings is 3. The number of halogens is 2. The number of aromatic carboxylic acids is 1. The van der Waals surface area contributed by atoms with E-state index in [1.165, 1.54) is 0 Å². The van der Waals surface area contributed by atoms with E-state index < -0.39 is 5.97 Å². The molecule has 2 aromatic heterocycles. The van der Waals surface area contributed by atoms with Crippen LogP contribution in [-0.4, -0.2) is 49.4 Å². The summed E-state index contributed by atoms with van der Waals surface area (Å²) in [4.78, 5) is 28.0. The molecular formula is C37H38Cl2N4O4. The molecule has 1 unspecified atom stereocenters. The minimum Gasteiger partial charge on any atom is -0.494 e. The highest BCUT2D eigenvalue weighted by Crippen LogP contribution is 2.44. The molecule has 1 amide bonds. The first-order chi connectivity index (χ1) is 22.4. The molecular weight excluding hydrogens is 635 g/mol. The van der Waals surface area contributed by atoms with Crippen LogP contribution in [-0.2, 0) is 20.0 Å². The fourth-order valence-corrected chi connectivity index (χ4v) is 7.32. The molecule has 0 saturated carbocycles. The zero-order chi connectivity index (χ0) is 33.7. The molecule has 6 rings (SSSR count). The second-order valence-electron chi connectivity index (χ2n) is 12.5. The molecule has 10 heteroatoms. The number of rotatable bonds is 9. The highest BCUT2D eigenvalue weighted by molar-refractivity contribution is 6.35. The quantitative estimate of drug-likeness (QED) is 0.159. The molecule has 1 atom stereocenters. The number of hydrogen-bond donors (Lipinski definition) is 1. The summed E-state index contributed by atoms with van der Waals surface area (Å²) in [7, 11) is 1.92. The van der Waals surface area contributed by atoms with Crippen molar-refractivity contribution in [3.05, 3.63) is 103 Å². The standard InChI is InChI=1S/C37H38Cl2N4O4/c1-20-15-27(16-21(2)33(20)39)47-14-8-11-28-29-12-13-30(38)32(31-23(4)40-41(6)24(31)5)34(29)43-22(3)18-42(36(44)35(28)43)19-25-9-7-10-26(17-25)37(45)46/h7,9-10,12-13,15-17,22H,8,11,14,18-19H2,1-6H3,(H,45,46). The molecule has 3 heterocycles. The van der Waals surface area contributed by atoms with E-state index in [9.17, 15) is 14.7 Å². The zero-order valence-corrected chi connectivity index (χ0v) is 29.0. The largest absolute Gasteiger partial charge is 0.494 e. The Morgan fingerprint density at radius 2 is 1.77 bits per heavy atom. The van der Waals surface area contributed by atoms with Gasteiger partial charge in [-0.15, -0.1) is 0 Å². The van der Waals surface area contributed by atoms with Gasteiger partial charge in [-0.25, -0.2) is 4.79 Å². The van der Waals surface area contributed by atoms with E-state index in [0.717, 1.165) is 66.4 Å². The third kappa shape index (κ3) is 5.89. The van der Waals surface area contributed by atoms with Crippen LogP contribution in [0.3, 0.4) is 0 Å². The van der Waals surface area contributed by atoms with Gasteiger partial charge in [0.25, 0.3) is 5.91 Å². The van der Waals surface area contributed by atoms with Crippen molar-refractivity contribution < 1.29 is 19.4 Å². The lowest BCUT2D eigenvalue weighted by Gasteiger charge is -2.34. The summed E-state index contributed by atoms with van der Waals surface area (Å²) in [5.74, 6) is -0.324. The predicted molar refractivity (Wildman–Crippen MR) is 186 cm³/mol. The Kier molecular flexibility index (Phi) is 8.85. The topological polar surface area (TPSA) is 89.6 Å². The summed E-state index contributed by atoms with van der Waals surface area (Å²) in [6, 6.07) is 14.5. The Morgan fingerprint density at radius 1 is 1.04 bits per heavy atom. The number of aryl methyl sites for hydroxylation is 5. The number of ether oxygens (including phenoxy) is 1. The third-order valence-corrected chi connectivity index (χ3v) is 10.1. The summed E-state index contributed by atoms with van der Waals surface area (Å²) in [6.45, 7) is 11.3. The molecule has 0 fully saturated rings. The molecule has 47 heavy (non-hydrogen) atoms. The van der Waals surface area contributed by atoms with Gasteiger partial charge >= 0.3 is 5.97 Å². The molecule has 0 bridgehead atoms. The molecule has 3 aromatic carbocycles. The van der Waals surface area contributed by atoms with Crippen LogP contribution in [0.5, 0.6) is 5.75 Å². The maximum absolute atomic E-state index is 14.5. The molecule has 1 aliphatic rings. The number of fused-ring (bicyclic) bond motifs is 3. The van der Waals surface area contributed by atoms with E-state index in [4.69, 9.17) is 27.9 Å². The number of carboxylic acids is 1. The molecule has 0 saturated heterocycles. The predicted octanol–water partition coefficient (Wildman–Crippen LogP) is 8.51. The first-order valence-corrected chi connectivity index (χ1v) is 16.5. The first kappa shape index (κ1) is 32.7. The lowest BCUT2D eigenvalue weighted by molar-refractivity contribution is 0.0663. The average Bonchev–Trinajstić information content (AvgIpc) is 3.49. The van der Waals surface area contributed by atoms with Crippen molar-refractivity contribution in [2.45, 2.75) is 60.0 Å². The molecule has 8 nitrogen and oxygen atoms in total. The summed E-state index contributed by atoms with van der Waals surface area (Å²) in [6.07, 6.45) is 1.29. The molecule has 5 aromatic rings. The van der Waals surface area contributed by atoms with Gasteiger partial charge in [0, 0.05) is 53.4 Å². The van der Waals surface area contributed by atoms with Crippen molar-refractivity contribution in [3.8, 4) is 16.9 Å². The van der Waals surface area contributed by atoms with Gasteiger partial charge in [0.15, 0.2) is 0 Å².